The molecule has 0 atom stereocenters. The Hall–Kier alpha value is -3.68. The second-order valence-corrected chi connectivity index (χ2v) is 9.80. The average Bonchev–Trinajstić information content (AvgIpc) is 3.50. The van der Waals surface area contributed by atoms with Crippen molar-refractivity contribution < 1.29 is 4.79 Å². The van der Waals surface area contributed by atoms with Crippen molar-refractivity contribution in [1.29, 1.82) is 0 Å². The lowest BCUT2D eigenvalue weighted by Gasteiger charge is -2.10. The molecule has 0 spiro atoms. The molecule has 0 bridgehead atoms. The standard InChI is InChI=1S/C13H10N2OS.C13H11NOS/c14-10-7-15-13(16)9-6-11(17-12(9)10)8-4-2-1-3-5-8;15-13-10-8-12(9-4-2-1-3-5-9)16-11(10)6-7-14-13/h1-7H,14H2,(H,15,16);1-5,8H,6-7H2,(H,14,15). The van der Waals surface area contributed by atoms with Crippen LogP contribution in [0.2, 0.25) is 0 Å². The lowest BCUT2D eigenvalue weighted by molar-refractivity contribution is 0.0947. The van der Waals surface area contributed by atoms with Crippen molar-refractivity contribution >= 4 is 44.4 Å². The highest BCUT2D eigenvalue weighted by Gasteiger charge is 2.20. The molecule has 4 heterocycles. The van der Waals surface area contributed by atoms with E-state index in [-0.39, 0.29) is 11.5 Å². The van der Waals surface area contributed by atoms with Crippen molar-refractivity contribution in [2.45, 2.75) is 6.42 Å². The van der Waals surface area contributed by atoms with Gasteiger partial charge in [-0.25, -0.2) is 0 Å². The maximum Gasteiger partial charge on any atom is 0.256 e. The molecule has 2 aromatic carbocycles. The van der Waals surface area contributed by atoms with E-state index in [1.807, 2.05) is 60.7 Å². The van der Waals surface area contributed by atoms with E-state index in [1.165, 1.54) is 15.3 Å². The Morgan fingerprint density at radius 3 is 2.06 bits per heavy atom. The summed E-state index contributed by atoms with van der Waals surface area (Å²) in [6.45, 7) is 0.764. The van der Waals surface area contributed by atoms with Crippen LogP contribution in [0.4, 0.5) is 5.69 Å². The Labute approximate surface area is 198 Å². The molecule has 0 aliphatic carbocycles. The third kappa shape index (κ3) is 4.33. The number of benzene rings is 2. The predicted molar refractivity (Wildman–Crippen MR) is 138 cm³/mol. The Balaban J connectivity index is 0.000000139. The normalized spacial score (nSPS) is 12.5. The van der Waals surface area contributed by atoms with Gasteiger partial charge in [0.15, 0.2) is 0 Å². The van der Waals surface area contributed by atoms with Gasteiger partial charge in [-0.1, -0.05) is 60.7 Å². The van der Waals surface area contributed by atoms with Crippen molar-refractivity contribution in [1.82, 2.24) is 10.3 Å². The highest BCUT2D eigenvalue weighted by molar-refractivity contribution is 7.22. The van der Waals surface area contributed by atoms with Crippen LogP contribution in [0, 0.1) is 0 Å². The van der Waals surface area contributed by atoms with Crippen LogP contribution in [-0.2, 0) is 6.42 Å². The number of H-pyrrole nitrogens is 1. The molecule has 1 aliphatic heterocycles. The van der Waals surface area contributed by atoms with E-state index in [1.54, 1.807) is 28.9 Å². The number of amides is 1. The highest BCUT2D eigenvalue weighted by Crippen LogP contribution is 2.34. The van der Waals surface area contributed by atoms with Gasteiger partial charge in [0, 0.05) is 27.4 Å². The smallest absolute Gasteiger partial charge is 0.256 e. The van der Waals surface area contributed by atoms with Crippen LogP contribution in [-0.4, -0.2) is 17.4 Å². The van der Waals surface area contributed by atoms with Gasteiger partial charge in [-0.15, -0.1) is 22.7 Å². The first-order valence-electron chi connectivity index (χ1n) is 10.5. The molecule has 164 valence electrons. The van der Waals surface area contributed by atoms with Gasteiger partial charge in [-0.3, -0.25) is 9.59 Å². The minimum atomic E-state index is -0.0902. The van der Waals surface area contributed by atoms with Crippen LogP contribution in [0.5, 0.6) is 0 Å². The number of nitrogens with two attached hydrogens (primary N) is 1. The first-order valence-corrected chi connectivity index (χ1v) is 12.2. The molecule has 1 amide bonds. The molecule has 3 aromatic heterocycles. The zero-order chi connectivity index (χ0) is 22.8. The molecule has 33 heavy (non-hydrogen) atoms. The van der Waals surface area contributed by atoms with E-state index in [0.717, 1.165) is 33.7 Å². The van der Waals surface area contributed by atoms with Gasteiger partial charge < -0.3 is 16.0 Å². The molecule has 1 aliphatic rings. The molecule has 4 N–H and O–H groups in total. The summed E-state index contributed by atoms with van der Waals surface area (Å²) in [6, 6.07) is 24.1. The van der Waals surface area contributed by atoms with E-state index in [4.69, 9.17) is 5.73 Å². The number of aromatic amines is 1. The number of pyridine rings is 1. The maximum absolute atomic E-state index is 11.7. The number of hydrogen-bond acceptors (Lipinski definition) is 5. The molecule has 6 rings (SSSR count). The summed E-state index contributed by atoms with van der Waals surface area (Å²) in [4.78, 5) is 29.4. The summed E-state index contributed by atoms with van der Waals surface area (Å²) >= 11 is 3.28. The van der Waals surface area contributed by atoms with Gasteiger partial charge >= 0.3 is 0 Å². The number of anilines is 1. The van der Waals surface area contributed by atoms with Crippen molar-refractivity contribution in [3.63, 3.8) is 0 Å². The molecular weight excluding hydrogens is 450 g/mol. The van der Waals surface area contributed by atoms with Crippen molar-refractivity contribution in [2.24, 2.45) is 0 Å². The molecular formula is C26H21N3O2S2. The number of carbonyl (C=O) groups excluding carboxylic acids is 1. The summed E-state index contributed by atoms with van der Waals surface area (Å²) < 4.78 is 0.854. The lowest BCUT2D eigenvalue weighted by Crippen LogP contribution is -2.30. The number of hydrogen-bond donors (Lipinski definition) is 3. The third-order valence-corrected chi connectivity index (χ3v) is 7.88. The zero-order valence-corrected chi connectivity index (χ0v) is 19.3. The Bertz CT molecular complexity index is 1480. The summed E-state index contributed by atoms with van der Waals surface area (Å²) in [5.41, 5.74) is 9.53. The second kappa shape index (κ2) is 9.05. The maximum atomic E-state index is 11.7. The van der Waals surface area contributed by atoms with Crippen molar-refractivity contribution in [2.75, 3.05) is 12.3 Å². The Morgan fingerprint density at radius 2 is 1.45 bits per heavy atom. The minimum absolute atomic E-state index is 0.0691. The first-order chi connectivity index (χ1) is 16.1. The largest absolute Gasteiger partial charge is 0.396 e. The van der Waals surface area contributed by atoms with Crippen molar-refractivity contribution in [3.05, 3.63) is 99.8 Å². The quantitative estimate of drug-likeness (QED) is 0.316. The van der Waals surface area contributed by atoms with E-state index in [2.05, 4.69) is 22.4 Å². The topological polar surface area (TPSA) is 88.0 Å². The third-order valence-electron chi connectivity index (χ3n) is 5.41. The number of nitrogen functional groups attached to an aromatic ring is 1. The van der Waals surface area contributed by atoms with Crippen LogP contribution >= 0.6 is 22.7 Å². The van der Waals surface area contributed by atoms with E-state index >= 15 is 0 Å². The monoisotopic (exact) mass is 471 g/mol. The Morgan fingerprint density at radius 1 is 0.818 bits per heavy atom. The summed E-state index contributed by atoms with van der Waals surface area (Å²) in [6.07, 6.45) is 2.51. The fourth-order valence-electron chi connectivity index (χ4n) is 3.74. The van der Waals surface area contributed by atoms with Crippen molar-refractivity contribution in [3.8, 4) is 20.9 Å². The van der Waals surface area contributed by atoms with Crippen LogP contribution in [0.25, 0.3) is 31.0 Å². The van der Waals surface area contributed by atoms with Gasteiger partial charge in [0.1, 0.15) is 0 Å². The SMILES string of the molecule is Nc1c[nH]c(=O)c2cc(-c3ccccc3)sc12.O=C1NCCc2sc(-c3ccccc3)cc21. The van der Waals surface area contributed by atoms with E-state index in [9.17, 15) is 9.59 Å². The summed E-state index contributed by atoms with van der Waals surface area (Å²) in [5, 5.41) is 3.53. The predicted octanol–water partition coefficient (Wildman–Crippen LogP) is 5.54. The number of thiophene rings is 2. The van der Waals surface area contributed by atoms with Gasteiger partial charge in [-0.05, 0) is 29.7 Å². The van der Waals surface area contributed by atoms with Gasteiger partial charge in [0.2, 0.25) is 0 Å². The fourth-order valence-corrected chi connectivity index (χ4v) is 5.99. The van der Waals surface area contributed by atoms with Gasteiger partial charge in [0.05, 0.1) is 21.3 Å². The molecule has 0 radical (unpaired) electrons. The van der Waals surface area contributed by atoms with Crippen LogP contribution in [0.15, 0.2) is 83.8 Å². The minimum Gasteiger partial charge on any atom is -0.396 e. The lowest BCUT2D eigenvalue weighted by atomic mass is 10.1. The number of carbonyl (C=O) groups is 1. The molecule has 0 unspecified atom stereocenters. The second-order valence-electron chi connectivity index (χ2n) is 7.61. The van der Waals surface area contributed by atoms with E-state index in [0.29, 0.717) is 11.1 Å². The number of aromatic nitrogens is 1. The highest BCUT2D eigenvalue weighted by atomic mass is 32.1. The van der Waals surface area contributed by atoms with Crippen LogP contribution < -0.4 is 16.6 Å². The summed E-state index contributed by atoms with van der Waals surface area (Å²) in [5.74, 6) is 0.0691. The number of nitrogens with one attached hydrogen (secondary N) is 2. The molecule has 0 saturated carbocycles. The average molecular weight is 472 g/mol. The Kier molecular flexibility index (Phi) is 5.81. The van der Waals surface area contributed by atoms with Crippen LogP contribution in [0.1, 0.15) is 15.2 Å². The van der Waals surface area contributed by atoms with Crippen LogP contribution in [0.3, 0.4) is 0 Å². The summed E-state index contributed by atoms with van der Waals surface area (Å²) in [7, 11) is 0. The van der Waals surface area contributed by atoms with Gasteiger partial charge in [0.25, 0.3) is 11.5 Å². The van der Waals surface area contributed by atoms with E-state index < -0.39 is 0 Å². The molecule has 5 aromatic rings. The molecule has 0 saturated heterocycles. The molecule has 0 fully saturated rings. The number of rotatable bonds is 2. The zero-order valence-electron chi connectivity index (χ0n) is 17.6. The number of fused-ring (bicyclic) bond motifs is 2. The first kappa shape index (κ1) is 21.2. The fraction of sp³-hybridized carbons (Fsp3) is 0.0769. The van der Waals surface area contributed by atoms with Gasteiger partial charge in [-0.2, -0.15) is 0 Å². The molecule has 7 heteroatoms. The molecule has 5 nitrogen and oxygen atoms in total.